The van der Waals surface area contributed by atoms with Crippen LogP contribution in [0.1, 0.15) is 24.4 Å². The van der Waals surface area contributed by atoms with Crippen LogP contribution in [-0.4, -0.2) is 56.7 Å². The lowest BCUT2D eigenvalue weighted by Crippen LogP contribution is -2.41. The molecule has 2 aromatic heterocycles. The van der Waals surface area contributed by atoms with Gasteiger partial charge in [0.25, 0.3) is 0 Å². The summed E-state index contributed by atoms with van der Waals surface area (Å²) in [5, 5.41) is 4.16. The molecule has 0 N–H and O–H groups in total. The molecular weight excluding hydrogens is 294 g/mol. The van der Waals surface area contributed by atoms with E-state index in [2.05, 4.69) is 15.0 Å². The Balaban J connectivity index is 1.53. The zero-order chi connectivity index (χ0) is 16.2. The maximum absolute atomic E-state index is 12.5. The number of aromatic nitrogens is 3. The van der Waals surface area contributed by atoms with Crippen molar-refractivity contribution in [3.05, 3.63) is 36.3 Å². The second-order valence-electron chi connectivity index (χ2n) is 6.15. The standard InChI is InChI=1S/C16H23N5O2/c1-13-5-6-15(23-13)9-19(2)16(22)10-20-7-3-4-14(20)8-21-12-17-11-18-21/h5-6,11-12,14H,3-4,7-10H2,1-2H3/t14-/m1/s1. The van der Waals surface area contributed by atoms with Gasteiger partial charge in [-0.2, -0.15) is 5.10 Å². The van der Waals surface area contributed by atoms with Gasteiger partial charge in [0.05, 0.1) is 19.6 Å². The van der Waals surface area contributed by atoms with E-state index in [0.717, 1.165) is 37.5 Å². The number of hydrogen-bond acceptors (Lipinski definition) is 5. The number of furan rings is 1. The molecule has 1 aliphatic rings. The Morgan fingerprint density at radius 2 is 2.35 bits per heavy atom. The highest BCUT2D eigenvalue weighted by Crippen LogP contribution is 2.18. The molecule has 7 nitrogen and oxygen atoms in total. The van der Waals surface area contributed by atoms with Gasteiger partial charge in [0.1, 0.15) is 24.2 Å². The van der Waals surface area contributed by atoms with Gasteiger partial charge >= 0.3 is 0 Å². The average Bonchev–Trinajstić information content (AvgIpc) is 3.24. The molecule has 23 heavy (non-hydrogen) atoms. The van der Waals surface area contributed by atoms with Crippen molar-refractivity contribution in [1.29, 1.82) is 0 Å². The zero-order valence-electron chi connectivity index (χ0n) is 13.7. The molecule has 124 valence electrons. The molecule has 7 heteroatoms. The number of carbonyl (C=O) groups is 1. The third kappa shape index (κ3) is 3.98. The topological polar surface area (TPSA) is 67.4 Å². The number of likely N-dealkylation sites (N-methyl/N-ethyl adjacent to an activating group) is 1. The Kier molecular flexibility index (Phi) is 4.76. The molecule has 2 aromatic rings. The molecule has 0 aromatic carbocycles. The summed E-state index contributed by atoms with van der Waals surface area (Å²) in [5.41, 5.74) is 0. The molecule has 0 radical (unpaired) electrons. The molecule has 1 atom stereocenters. The van der Waals surface area contributed by atoms with E-state index in [-0.39, 0.29) is 5.91 Å². The number of aryl methyl sites for hydroxylation is 1. The number of amides is 1. The highest BCUT2D eigenvalue weighted by Gasteiger charge is 2.27. The fourth-order valence-electron chi connectivity index (χ4n) is 3.04. The minimum Gasteiger partial charge on any atom is -0.464 e. The number of nitrogens with zero attached hydrogens (tertiary/aromatic N) is 5. The van der Waals surface area contributed by atoms with Crippen LogP contribution < -0.4 is 0 Å². The zero-order valence-corrected chi connectivity index (χ0v) is 13.7. The molecule has 3 heterocycles. The molecule has 1 aliphatic heterocycles. The Hall–Kier alpha value is -2.15. The third-order valence-electron chi connectivity index (χ3n) is 4.32. The number of rotatable bonds is 6. The first-order valence-corrected chi connectivity index (χ1v) is 7.97. The van der Waals surface area contributed by atoms with Crippen LogP contribution in [0.25, 0.3) is 0 Å². The Labute approximate surface area is 135 Å². The van der Waals surface area contributed by atoms with Crippen LogP contribution in [0.3, 0.4) is 0 Å². The van der Waals surface area contributed by atoms with Crippen molar-refractivity contribution in [2.24, 2.45) is 0 Å². The molecule has 0 unspecified atom stereocenters. The molecule has 1 saturated heterocycles. The van der Waals surface area contributed by atoms with Crippen LogP contribution in [0.2, 0.25) is 0 Å². The monoisotopic (exact) mass is 317 g/mol. The third-order valence-corrected chi connectivity index (χ3v) is 4.32. The Morgan fingerprint density at radius 1 is 1.48 bits per heavy atom. The van der Waals surface area contributed by atoms with E-state index in [1.807, 2.05) is 30.8 Å². The van der Waals surface area contributed by atoms with E-state index in [1.54, 1.807) is 17.6 Å². The van der Waals surface area contributed by atoms with E-state index < -0.39 is 0 Å². The largest absolute Gasteiger partial charge is 0.464 e. The quantitative estimate of drug-likeness (QED) is 0.803. The number of hydrogen-bond donors (Lipinski definition) is 0. The maximum Gasteiger partial charge on any atom is 0.236 e. The van der Waals surface area contributed by atoms with E-state index in [9.17, 15) is 4.79 Å². The van der Waals surface area contributed by atoms with Crippen molar-refractivity contribution < 1.29 is 9.21 Å². The van der Waals surface area contributed by atoms with Crippen molar-refractivity contribution in [3.63, 3.8) is 0 Å². The van der Waals surface area contributed by atoms with E-state index >= 15 is 0 Å². The van der Waals surface area contributed by atoms with Gasteiger partial charge in [-0.15, -0.1) is 0 Å². The van der Waals surface area contributed by atoms with E-state index in [4.69, 9.17) is 4.42 Å². The lowest BCUT2D eigenvalue weighted by molar-refractivity contribution is -0.132. The van der Waals surface area contributed by atoms with Crippen molar-refractivity contribution in [2.45, 2.75) is 38.9 Å². The summed E-state index contributed by atoms with van der Waals surface area (Å²) < 4.78 is 7.38. The molecule has 1 amide bonds. The fourth-order valence-corrected chi connectivity index (χ4v) is 3.04. The smallest absolute Gasteiger partial charge is 0.236 e. The van der Waals surface area contributed by atoms with Crippen LogP contribution >= 0.6 is 0 Å². The first-order valence-electron chi connectivity index (χ1n) is 7.97. The molecule has 0 saturated carbocycles. The van der Waals surface area contributed by atoms with Gasteiger partial charge in [0, 0.05) is 13.1 Å². The maximum atomic E-state index is 12.5. The van der Waals surface area contributed by atoms with Crippen LogP contribution in [0, 0.1) is 6.92 Å². The van der Waals surface area contributed by atoms with Gasteiger partial charge in [-0.25, -0.2) is 4.98 Å². The highest BCUT2D eigenvalue weighted by molar-refractivity contribution is 5.78. The van der Waals surface area contributed by atoms with Gasteiger partial charge in [-0.3, -0.25) is 14.4 Å². The molecule has 1 fully saturated rings. The molecule has 3 rings (SSSR count). The molecular formula is C16H23N5O2. The molecule has 0 bridgehead atoms. The lowest BCUT2D eigenvalue weighted by atomic mass is 10.2. The van der Waals surface area contributed by atoms with Gasteiger partial charge in [-0.05, 0) is 38.4 Å². The van der Waals surface area contributed by atoms with Crippen molar-refractivity contribution in [2.75, 3.05) is 20.1 Å². The summed E-state index contributed by atoms with van der Waals surface area (Å²) in [5.74, 6) is 1.80. The first kappa shape index (κ1) is 15.7. The fraction of sp³-hybridized carbons (Fsp3) is 0.562. The minimum absolute atomic E-state index is 0.115. The number of carbonyl (C=O) groups excluding carboxylic acids is 1. The lowest BCUT2D eigenvalue weighted by Gasteiger charge is -2.26. The predicted molar refractivity (Wildman–Crippen MR) is 84.5 cm³/mol. The predicted octanol–water partition coefficient (Wildman–Crippen LogP) is 1.30. The summed E-state index contributed by atoms with van der Waals surface area (Å²) in [6, 6.07) is 4.19. The van der Waals surface area contributed by atoms with E-state index in [1.165, 1.54) is 0 Å². The summed E-state index contributed by atoms with van der Waals surface area (Å²) in [7, 11) is 1.82. The van der Waals surface area contributed by atoms with Gasteiger partial charge in [-0.1, -0.05) is 0 Å². The van der Waals surface area contributed by atoms with Crippen LogP contribution in [0.4, 0.5) is 0 Å². The molecule has 0 spiro atoms. The van der Waals surface area contributed by atoms with Gasteiger partial charge in [0.15, 0.2) is 0 Å². The van der Waals surface area contributed by atoms with Crippen molar-refractivity contribution in [3.8, 4) is 0 Å². The second kappa shape index (κ2) is 6.95. The van der Waals surface area contributed by atoms with Crippen LogP contribution in [0.15, 0.2) is 29.2 Å². The summed E-state index contributed by atoms with van der Waals surface area (Å²) in [6.07, 6.45) is 5.48. The van der Waals surface area contributed by atoms with Gasteiger partial charge in [0.2, 0.25) is 5.91 Å². The SMILES string of the molecule is Cc1ccc(CN(C)C(=O)CN2CCC[C@@H]2Cn2cncn2)o1. The van der Waals surface area contributed by atoms with E-state index in [0.29, 0.717) is 19.1 Å². The minimum atomic E-state index is 0.115. The highest BCUT2D eigenvalue weighted by atomic mass is 16.3. The number of likely N-dealkylation sites (tertiary alicyclic amines) is 1. The molecule has 0 aliphatic carbocycles. The Bertz CT molecular complexity index is 637. The Morgan fingerprint density at radius 3 is 3.04 bits per heavy atom. The van der Waals surface area contributed by atoms with Gasteiger partial charge < -0.3 is 9.32 Å². The van der Waals surface area contributed by atoms with Crippen LogP contribution in [-0.2, 0) is 17.9 Å². The average molecular weight is 317 g/mol. The second-order valence-corrected chi connectivity index (χ2v) is 6.15. The normalized spacial score (nSPS) is 18.4. The summed E-state index contributed by atoms with van der Waals surface area (Å²) >= 11 is 0. The summed E-state index contributed by atoms with van der Waals surface area (Å²) in [4.78, 5) is 20.4. The first-order chi connectivity index (χ1) is 11.1. The van der Waals surface area contributed by atoms with Crippen molar-refractivity contribution >= 4 is 5.91 Å². The van der Waals surface area contributed by atoms with Crippen molar-refractivity contribution in [1.82, 2.24) is 24.6 Å². The van der Waals surface area contributed by atoms with Crippen LogP contribution in [0.5, 0.6) is 0 Å². The summed E-state index contributed by atoms with van der Waals surface area (Å²) in [6.45, 7) is 4.60.